The quantitative estimate of drug-likeness (QED) is 0.476. The Morgan fingerprint density at radius 2 is 1.80 bits per heavy atom. The van der Waals surface area contributed by atoms with Crippen molar-refractivity contribution in [3.8, 4) is 28.5 Å². The third-order valence-corrected chi connectivity index (χ3v) is 5.13. The highest BCUT2D eigenvalue weighted by Crippen LogP contribution is 2.30. The van der Waals surface area contributed by atoms with E-state index in [0.29, 0.717) is 30.9 Å². The standard InChI is InChI=1S/C22H25N7O/c1-4-15(3)21-23-22(30-5-2)26-29(21)14-16-10-12-17(13-11-16)18-8-6-7-9-19(18)20-24-27-28-25-20/h6-13,15H,4-5,14H2,1-3H3,(H,24,25,27,28). The molecule has 30 heavy (non-hydrogen) atoms. The van der Waals surface area contributed by atoms with Crippen molar-refractivity contribution >= 4 is 0 Å². The van der Waals surface area contributed by atoms with E-state index in [1.165, 1.54) is 0 Å². The molecular weight excluding hydrogens is 378 g/mol. The zero-order chi connectivity index (χ0) is 20.9. The van der Waals surface area contributed by atoms with Gasteiger partial charge in [0, 0.05) is 11.5 Å². The molecular formula is C22H25N7O. The van der Waals surface area contributed by atoms with Crippen molar-refractivity contribution in [3.63, 3.8) is 0 Å². The Labute approximate surface area is 175 Å². The van der Waals surface area contributed by atoms with Gasteiger partial charge in [0.05, 0.1) is 13.2 Å². The molecule has 4 aromatic rings. The largest absolute Gasteiger partial charge is 0.463 e. The molecule has 2 heterocycles. The molecule has 0 amide bonds. The molecule has 0 aliphatic heterocycles. The smallest absolute Gasteiger partial charge is 0.335 e. The number of tetrazole rings is 1. The Balaban J connectivity index is 1.60. The number of hydrogen-bond acceptors (Lipinski definition) is 6. The SMILES string of the molecule is CCOc1nc(C(C)CC)n(Cc2ccc(-c3ccccc3-c3nnn[nH]3)cc2)n1. The maximum Gasteiger partial charge on any atom is 0.335 e. The van der Waals surface area contributed by atoms with E-state index in [-0.39, 0.29) is 0 Å². The van der Waals surface area contributed by atoms with Crippen LogP contribution in [0.3, 0.4) is 0 Å². The summed E-state index contributed by atoms with van der Waals surface area (Å²) in [6, 6.07) is 17.0. The van der Waals surface area contributed by atoms with Gasteiger partial charge in [0.15, 0.2) is 5.82 Å². The molecule has 1 unspecified atom stereocenters. The number of benzene rings is 2. The van der Waals surface area contributed by atoms with Crippen LogP contribution in [0.15, 0.2) is 48.5 Å². The van der Waals surface area contributed by atoms with Crippen LogP contribution in [-0.2, 0) is 6.54 Å². The van der Waals surface area contributed by atoms with Gasteiger partial charge in [-0.05, 0) is 40.5 Å². The van der Waals surface area contributed by atoms with Crippen LogP contribution in [0.5, 0.6) is 6.01 Å². The molecule has 0 fully saturated rings. The van der Waals surface area contributed by atoms with Crippen molar-refractivity contribution in [2.24, 2.45) is 0 Å². The van der Waals surface area contributed by atoms with Crippen LogP contribution in [0.4, 0.5) is 0 Å². The molecule has 8 nitrogen and oxygen atoms in total. The summed E-state index contributed by atoms with van der Waals surface area (Å²) in [6.07, 6.45) is 0.997. The average molecular weight is 403 g/mol. The predicted molar refractivity (Wildman–Crippen MR) is 114 cm³/mol. The fourth-order valence-electron chi connectivity index (χ4n) is 3.36. The normalized spacial score (nSPS) is 12.1. The molecule has 8 heteroatoms. The van der Waals surface area contributed by atoms with Crippen molar-refractivity contribution in [1.82, 2.24) is 35.4 Å². The lowest BCUT2D eigenvalue weighted by Crippen LogP contribution is -2.09. The van der Waals surface area contributed by atoms with Crippen molar-refractivity contribution in [2.75, 3.05) is 6.61 Å². The second-order valence-electron chi connectivity index (χ2n) is 7.14. The first-order valence-corrected chi connectivity index (χ1v) is 10.2. The highest BCUT2D eigenvalue weighted by atomic mass is 16.5. The van der Waals surface area contributed by atoms with Gasteiger partial charge in [-0.25, -0.2) is 9.78 Å². The van der Waals surface area contributed by atoms with Gasteiger partial charge in [-0.1, -0.05) is 62.4 Å². The number of nitrogens with one attached hydrogen (secondary N) is 1. The van der Waals surface area contributed by atoms with Crippen molar-refractivity contribution in [3.05, 3.63) is 59.9 Å². The van der Waals surface area contributed by atoms with Gasteiger partial charge in [0.1, 0.15) is 5.82 Å². The Kier molecular flexibility index (Phi) is 5.83. The van der Waals surface area contributed by atoms with Crippen molar-refractivity contribution < 1.29 is 4.74 Å². The minimum absolute atomic E-state index is 0.313. The minimum Gasteiger partial charge on any atom is -0.463 e. The fourth-order valence-corrected chi connectivity index (χ4v) is 3.36. The number of hydrogen-bond donors (Lipinski definition) is 1. The first-order valence-electron chi connectivity index (χ1n) is 10.2. The van der Waals surface area contributed by atoms with E-state index in [0.717, 1.165) is 34.5 Å². The van der Waals surface area contributed by atoms with E-state index < -0.39 is 0 Å². The van der Waals surface area contributed by atoms with Gasteiger partial charge in [0.25, 0.3) is 0 Å². The number of rotatable bonds is 8. The highest BCUT2D eigenvalue weighted by Gasteiger charge is 2.16. The van der Waals surface area contributed by atoms with Gasteiger partial charge in [-0.15, -0.1) is 10.2 Å². The third kappa shape index (κ3) is 4.07. The summed E-state index contributed by atoms with van der Waals surface area (Å²) in [4.78, 5) is 4.58. The zero-order valence-corrected chi connectivity index (χ0v) is 17.4. The van der Waals surface area contributed by atoms with Crippen LogP contribution in [0.2, 0.25) is 0 Å². The molecule has 2 aromatic heterocycles. The Bertz CT molecular complexity index is 1090. The van der Waals surface area contributed by atoms with Gasteiger partial charge in [-0.2, -0.15) is 4.98 Å². The first-order chi connectivity index (χ1) is 14.7. The third-order valence-electron chi connectivity index (χ3n) is 5.13. The van der Waals surface area contributed by atoms with E-state index in [9.17, 15) is 0 Å². The lowest BCUT2D eigenvalue weighted by Gasteiger charge is -2.11. The second-order valence-corrected chi connectivity index (χ2v) is 7.14. The molecule has 1 atom stereocenters. The van der Waals surface area contributed by atoms with E-state index in [1.807, 2.05) is 29.8 Å². The number of aromatic amines is 1. The molecule has 154 valence electrons. The monoisotopic (exact) mass is 403 g/mol. The lowest BCUT2D eigenvalue weighted by atomic mass is 9.98. The molecule has 0 aliphatic carbocycles. The minimum atomic E-state index is 0.313. The van der Waals surface area contributed by atoms with E-state index in [1.54, 1.807) is 0 Å². The topological polar surface area (TPSA) is 94.4 Å². The summed E-state index contributed by atoms with van der Waals surface area (Å²) < 4.78 is 7.47. The maximum absolute atomic E-state index is 5.52. The van der Waals surface area contributed by atoms with Crippen LogP contribution in [0, 0.1) is 0 Å². The fraction of sp³-hybridized carbons (Fsp3) is 0.318. The number of aromatic nitrogens is 7. The Morgan fingerprint density at radius 1 is 1.03 bits per heavy atom. The summed E-state index contributed by atoms with van der Waals surface area (Å²) in [5, 5.41) is 18.8. The van der Waals surface area contributed by atoms with Gasteiger partial charge < -0.3 is 4.74 Å². The van der Waals surface area contributed by atoms with Crippen LogP contribution in [-0.4, -0.2) is 42.0 Å². The first kappa shape index (κ1) is 19.8. The number of H-pyrrole nitrogens is 1. The molecule has 1 N–H and O–H groups in total. The van der Waals surface area contributed by atoms with Gasteiger partial charge in [-0.3, -0.25) is 0 Å². The molecule has 0 spiro atoms. The summed E-state index contributed by atoms with van der Waals surface area (Å²) in [5.41, 5.74) is 4.28. The van der Waals surface area contributed by atoms with Crippen LogP contribution < -0.4 is 4.74 Å². The highest BCUT2D eigenvalue weighted by molar-refractivity contribution is 5.80. The van der Waals surface area contributed by atoms with Gasteiger partial charge >= 0.3 is 6.01 Å². The number of ether oxygens (including phenoxy) is 1. The van der Waals surface area contributed by atoms with Crippen LogP contribution >= 0.6 is 0 Å². The molecule has 0 aliphatic rings. The second kappa shape index (κ2) is 8.86. The molecule has 0 bridgehead atoms. The van der Waals surface area contributed by atoms with E-state index in [2.05, 4.69) is 74.9 Å². The van der Waals surface area contributed by atoms with Gasteiger partial charge in [0.2, 0.25) is 0 Å². The molecule has 0 saturated carbocycles. The summed E-state index contributed by atoms with van der Waals surface area (Å²) in [5.74, 6) is 1.92. The van der Waals surface area contributed by atoms with E-state index in [4.69, 9.17) is 4.74 Å². The summed E-state index contributed by atoms with van der Waals surface area (Å²) >= 11 is 0. The Hall–Kier alpha value is -3.55. The average Bonchev–Trinajstić information content (AvgIpc) is 3.45. The summed E-state index contributed by atoms with van der Waals surface area (Å²) in [6.45, 7) is 7.45. The predicted octanol–water partition coefficient (Wildman–Crippen LogP) is 4.09. The van der Waals surface area contributed by atoms with E-state index >= 15 is 0 Å². The molecule has 4 rings (SSSR count). The molecule has 0 saturated heterocycles. The van der Waals surface area contributed by atoms with Crippen LogP contribution in [0.25, 0.3) is 22.5 Å². The molecule has 0 radical (unpaired) electrons. The van der Waals surface area contributed by atoms with Crippen molar-refractivity contribution in [2.45, 2.75) is 39.7 Å². The van der Waals surface area contributed by atoms with Crippen LogP contribution in [0.1, 0.15) is 44.5 Å². The van der Waals surface area contributed by atoms with Crippen molar-refractivity contribution in [1.29, 1.82) is 0 Å². The number of nitrogens with zero attached hydrogens (tertiary/aromatic N) is 6. The lowest BCUT2D eigenvalue weighted by molar-refractivity contribution is 0.311. The zero-order valence-electron chi connectivity index (χ0n) is 17.4. The summed E-state index contributed by atoms with van der Waals surface area (Å²) in [7, 11) is 0. The Morgan fingerprint density at radius 3 is 2.47 bits per heavy atom. The maximum atomic E-state index is 5.52. The molecule has 2 aromatic carbocycles.